The van der Waals surface area contributed by atoms with Crippen LogP contribution in [-0.4, -0.2) is 51.6 Å². The van der Waals surface area contributed by atoms with Crippen molar-refractivity contribution >= 4 is 29.3 Å². The standard InChI is InChI=1S/C29H33N3O7S/c1-6-38-28(34)24-17(2)30-29-32(25(24)18-14-20(35-3)26(37-5)21(15-18)36-4)27(33)22(40-29)16-19-10-11-23(39-19)31-12-8-7-9-13-31/h10-11,14-16,25H,6-9,12-13H2,1-5H3/b22-16+/t25-/m0/s1. The van der Waals surface area contributed by atoms with Gasteiger partial charge in [0.15, 0.2) is 22.2 Å². The minimum Gasteiger partial charge on any atom is -0.493 e. The van der Waals surface area contributed by atoms with Crippen molar-refractivity contribution in [2.45, 2.75) is 39.2 Å². The summed E-state index contributed by atoms with van der Waals surface area (Å²) < 4.78 is 30.1. The number of benzene rings is 1. The van der Waals surface area contributed by atoms with Crippen LogP contribution in [0.3, 0.4) is 0 Å². The van der Waals surface area contributed by atoms with E-state index in [1.807, 2.05) is 12.1 Å². The third-order valence-electron chi connectivity index (χ3n) is 7.07. The number of rotatable bonds is 8. The molecule has 0 N–H and O–H groups in total. The highest BCUT2D eigenvalue weighted by Crippen LogP contribution is 2.42. The minimum absolute atomic E-state index is 0.180. The van der Waals surface area contributed by atoms with E-state index in [0.717, 1.165) is 31.8 Å². The molecular formula is C29H33N3O7S. The number of thiazole rings is 1. The molecule has 40 heavy (non-hydrogen) atoms. The summed E-state index contributed by atoms with van der Waals surface area (Å²) in [5.74, 6) is 2.04. The lowest BCUT2D eigenvalue weighted by Gasteiger charge is -2.26. The van der Waals surface area contributed by atoms with Crippen LogP contribution in [0.15, 0.2) is 49.7 Å². The predicted molar refractivity (Wildman–Crippen MR) is 151 cm³/mol. The van der Waals surface area contributed by atoms with Gasteiger partial charge in [-0.15, -0.1) is 0 Å². The molecule has 212 valence electrons. The van der Waals surface area contributed by atoms with Gasteiger partial charge in [-0.05, 0) is 56.9 Å². The number of aromatic nitrogens is 1. The van der Waals surface area contributed by atoms with Crippen molar-refractivity contribution < 1.29 is 28.2 Å². The predicted octanol–water partition coefficient (Wildman–Crippen LogP) is 3.41. The maximum atomic E-state index is 13.9. The highest BCUT2D eigenvalue weighted by atomic mass is 32.1. The van der Waals surface area contributed by atoms with Gasteiger partial charge < -0.3 is 28.3 Å². The number of hydrogen-bond donors (Lipinski definition) is 0. The molecule has 0 radical (unpaired) electrons. The average Bonchev–Trinajstić information content (AvgIpc) is 3.56. The number of methoxy groups -OCH3 is 3. The van der Waals surface area contributed by atoms with Gasteiger partial charge in [-0.25, -0.2) is 9.79 Å². The first-order valence-electron chi connectivity index (χ1n) is 13.2. The van der Waals surface area contributed by atoms with E-state index in [-0.39, 0.29) is 17.7 Å². The number of fused-ring (bicyclic) bond motifs is 1. The normalized spacial score (nSPS) is 17.4. The van der Waals surface area contributed by atoms with E-state index < -0.39 is 12.0 Å². The lowest BCUT2D eigenvalue weighted by molar-refractivity contribution is -0.139. The quantitative estimate of drug-likeness (QED) is 0.382. The fourth-order valence-corrected chi connectivity index (χ4v) is 6.23. The zero-order chi connectivity index (χ0) is 28.4. The van der Waals surface area contributed by atoms with E-state index >= 15 is 0 Å². The fraction of sp³-hybridized carbons (Fsp3) is 0.414. The fourth-order valence-electron chi connectivity index (χ4n) is 5.20. The van der Waals surface area contributed by atoms with Gasteiger partial charge in [0.1, 0.15) is 5.76 Å². The van der Waals surface area contributed by atoms with Gasteiger partial charge in [0, 0.05) is 25.2 Å². The molecule has 1 saturated heterocycles. The number of nitrogens with zero attached hydrogens (tertiary/aromatic N) is 3. The van der Waals surface area contributed by atoms with E-state index in [2.05, 4.69) is 9.89 Å². The van der Waals surface area contributed by atoms with E-state index in [9.17, 15) is 9.59 Å². The van der Waals surface area contributed by atoms with Gasteiger partial charge in [-0.2, -0.15) is 0 Å². The first kappa shape index (κ1) is 27.6. The first-order valence-corrected chi connectivity index (χ1v) is 14.1. The second kappa shape index (κ2) is 11.6. The van der Waals surface area contributed by atoms with Crippen LogP contribution in [0.25, 0.3) is 6.08 Å². The molecule has 1 fully saturated rings. The summed E-state index contributed by atoms with van der Waals surface area (Å²) in [4.78, 5) is 34.5. The van der Waals surface area contributed by atoms with Crippen molar-refractivity contribution in [2.24, 2.45) is 4.99 Å². The molecule has 2 aromatic heterocycles. The number of piperidine rings is 1. The van der Waals surface area contributed by atoms with Crippen molar-refractivity contribution in [1.29, 1.82) is 0 Å². The summed E-state index contributed by atoms with van der Waals surface area (Å²) in [7, 11) is 4.55. The Kier molecular flexibility index (Phi) is 8.02. The maximum absolute atomic E-state index is 13.9. The Labute approximate surface area is 235 Å². The third kappa shape index (κ3) is 5.01. The SMILES string of the molecule is CCOC(=O)C1=C(C)N=c2s/c(=C/c3ccc(N4CCCCC4)o3)c(=O)n2[C@H]1c1cc(OC)c(OC)c(OC)c1. The van der Waals surface area contributed by atoms with Gasteiger partial charge >= 0.3 is 5.97 Å². The summed E-state index contributed by atoms with van der Waals surface area (Å²) >= 11 is 1.24. The first-order chi connectivity index (χ1) is 19.4. The Morgan fingerprint density at radius 1 is 1.10 bits per heavy atom. The number of allylic oxidation sites excluding steroid dienone is 1. The maximum Gasteiger partial charge on any atom is 0.338 e. The molecule has 2 aliphatic rings. The smallest absolute Gasteiger partial charge is 0.338 e. The molecule has 1 aromatic carbocycles. The van der Waals surface area contributed by atoms with Crippen LogP contribution in [0, 0.1) is 0 Å². The molecule has 10 nitrogen and oxygen atoms in total. The molecule has 0 spiro atoms. The third-order valence-corrected chi connectivity index (χ3v) is 8.06. The van der Waals surface area contributed by atoms with Crippen molar-refractivity contribution in [3.8, 4) is 17.2 Å². The van der Waals surface area contributed by atoms with Crippen LogP contribution in [0.4, 0.5) is 5.88 Å². The Balaban J connectivity index is 1.67. The Bertz CT molecular complexity index is 1600. The molecule has 0 amide bonds. The zero-order valence-electron chi connectivity index (χ0n) is 23.3. The van der Waals surface area contributed by atoms with Crippen LogP contribution in [0.1, 0.15) is 50.5 Å². The molecule has 0 unspecified atom stereocenters. The Morgan fingerprint density at radius 3 is 2.42 bits per heavy atom. The van der Waals surface area contributed by atoms with Crippen LogP contribution >= 0.6 is 11.3 Å². The molecule has 2 aliphatic heterocycles. The Hall–Kier alpha value is -3.99. The summed E-state index contributed by atoms with van der Waals surface area (Å²) in [6.45, 7) is 5.57. The summed E-state index contributed by atoms with van der Waals surface area (Å²) in [5, 5.41) is 0. The molecule has 5 rings (SSSR count). The molecule has 11 heteroatoms. The molecule has 0 aliphatic carbocycles. The molecular weight excluding hydrogens is 534 g/mol. The second-order valence-corrected chi connectivity index (χ2v) is 10.5. The van der Waals surface area contributed by atoms with E-state index in [1.165, 1.54) is 43.7 Å². The largest absolute Gasteiger partial charge is 0.493 e. The molecule has 1 atom stereocenters. The average molecular weight is 568 g/mol. The molecule has 4 heterocycles. The number of furan rings is 1. The van der Waals surface area contributed by atoms with Gasteiger partial charge in [0.25, 0.3) is 5.56 Å². The van der Waals surface area contributed by atoms with Crippen molar-refractivity contribution in [1.82, 2.24) is 4.57 Å². The topological polar surface area (TPSA) is 105 Å². The number of carbonyl (C=O) groups excluding carboxylic acids is 1. The van der Waals surface area contributed by atoms with Crippen molar-refractivity contribution in [3.63, 3.8) is 0 Å². The number of hydrogen-bond acceptors (Lipinski definition) is 10. The lowest BCUT2D eigenvalue weighted by atomic mass is 9.95. The highest BCUT2D eigenvalue weighted by molar-refractivity contribution is 7.07. The zero-order valence-corrected chi connectivity index (χ0v) is 24.1. The summed E-state index contributed by atoms with van der Waals surface area (Å²) in [6, 6.07) is 6.45. The highest BCUT2D eigenvalue weighted by Gasteiger charge is 2.34. The van der Waals surface area contributed by atoms with E-state index in [1.54, 1.807) is 32.1 Å². The van der Waals surface area contributed by atoms with Gasteiger partial charge in [0.05, 0.1) is 49.8 Å². The monoisotopic (exact) mass is 567 g/mol. The molecule has 3 aromatic rings. The minimum atomic E-state index is -0.827. The van der Waals surface area contributed by atoms with Crippen molar-refractivity contribution in [2.75, 3.05) is 45.9 Å². The van der Waals surface area contributed by atoms with Gasteiger partial charge in [-0.1, -0.05) is 11.3 Å². The van der Waals surface area contributed by atoms with Gasteiger partial charge in [-0.3, -0.25) is 9.36 Å². The molecule has 0 saturated carbocycles. The number of ether oxygens (including phenoxy) is 4. The number of esters is 1. The lowest BCUT2D eigenvalue weighted by Crippen LogP contribution is -2.40. The van der Waals surface area contributed by atoms with E-state index in [0.29, 0.717) is 43.6 Å². The van der Waals surface area contributed by atoms with E-state index in [4.69, 9.17) is 23.4 Å². The number of anilines is 1. The summed E-state index contributed by atoms with van der Waals surface area (Å²) in [6.07, 6.45) is 5.23. The number of carbonyl (C=O) groups is 1. The second-order valence-electron chi connectivity index (χ2n) is 9.48. The van der Waals surface area contributed by atoms with Crippen LogP contribution in [0.2, 0.25) is 0 Å². The van der Waals surface area contributed by atoms with Gasteiger partial charge in [0.2, 0.25) is 5.75 Å². The van der Waals surface area contributed by atoms with Crippen molar-refractivity contribution in [3.05, 3.63) is 66.5 Å². The van der Waals surface area contributed by atoms with Crippen LogP contribution < -0.4 is 34.0 Å². The Morgan fingerprint density at radius 2 is 1.80 bits per heavy atom. The summed E-state index contributed by atoms with van der Waals surface area (Å²) in [5.41, 5.74) is 1.02. The molecule has 0 bridgehead atoms. The van der Waals surface area contributed by atoms with Crippen LogP contribution in [0.5, 0.6) is 17.2 Å². The van der Waals surface area contributed by atoms with Crippen LogP contribution in [-0.2, 0) is 9.53 Å².